The summed E-state index contributed by atoms with van der Waals surface area (Å²) in [7, 11) is -3.04. The van der Waals surface area contributed by atoms with E-state index in [1.807, 2.05) is 13.8 Å². The van der Waals surface area contributed by atoms with E-state index in [2.05, 4.69) is 4.72 Å². The fourth-order valence-corrected chi connectivity index (χ4v) is 3.97. The highest BCUT2D eigenvalue weighted by Crippen LogP contribution is 2.51. The van der Waals surface area contributed by atoms with Gasteiger partial charge in [-0.3, -0.25) is 0 Å². The number of nitrogens with one attached hydrogen (secondary N) is 1. The molecular formula is C12H15ClFNO4S2. The zero-order chi connectivity index (χ0) is 16.1. The Morgan fingerprint density at radius 2 is 1.90 bits per heavy atom. The minimum absolute atomic E-state index is 0.0949. The lowest BCUT2D eigenvalue weighted by atomic mass is 10.1. The van der Waals surface area contributed by atoms with Crippen molar-refractivity contribution in [3.63, 3.8) is 0 Å². The van der Waals surface area contributed by atoms with E-state index in [-0.39, 0.29) is 17.9 Å². The van der Waals surface area contributed by atoms with Gasteiger partial charge in [-0.15, -0.1) is 0 Å². The van der Waals surface area contributed by atoms with Gasteiger partial charge in [-0.25, -0.2) is 25.9 Å². The molecule has 1 fully saturated rings. The maximum Gasteiger partial charge on any atom is 0.261 e. The van der Waals surface area contributed by atoms with Crippen LogP contribution >= 0.6 is 10.7 Å². The van der Waals surface area contributed by atoms with Crippen molar-refractivity contribution in [2.45, 2.75) is 30.1 Å². The molecule has 0 spiro atoms. The van der Waals surface area contributed by atoms with E-state index >= 15 is 0 Å². The van der Waals surface area contributed by atoms with E-state index in [9.17, 15) is 21.2 Å². The highest BCUT2D eigenvalue weighted by Gasteiger charge is 2.45. The summed E-state index contributed by atoms with van der Waals surface area (Å²) >= 11 is 0. The van der Waals surface area contributed by atoms with Crippen molar-refractivity contribution in [1.82, 2.24) is 4.72 Å². The van der Waals surface area contributed by atoms with Crippen LogP contribution in [0.3, 0.4) is 0 Å². The Morgan fingerprint density at radius 3 is 2.33 bits per heavy atom. The first-order valence-electron chi connectivity index (χ1n) is 6.17. The average molecular weight is 356 g/mol. The van der Waals surface area contributed by atoms with Crippen molar-refractivity contribution >= 4 is 29.8 Å². The largest absolute Gasteiger partial charge is 0.261 e. The highest BCUT2D eigenvalue weighted by atomic mass is 35.7. The predicted molar refractivity (Wildman–Crippen MR) is 76.5 cm³/mol. The average Bonchev–Trinajstić information content (AvgIpc) is 2.93. The van der Waals surface area contributed by atoms with Gasteiger partial charge in [-0.2, -0.15) is 0 Å². The van der Waals surface area contributed by atoms with Crippen LogP contribution in [0.4, 0.5) is 4.39 Å². The van der Waals surface area contributed by atoms with Crippen molar-refractivity contribution < 1.29 is 21.2 Å². The molecule has 0 aliphatic heterocycles. The molecule has 21 heavy (non-hydrogen) atoms. The molecule has 0 amide bonds. The molecule has 1 aromatic carbocycles. The fraction of sp³-hybridized carbons (Fsp3) is 0.500. The fourth-order valence-electron chi connectivity index (χ4n) is 2.06. The van der Waals surface area contributed by atoms with Gasteiger partial charge in [0, 0.05) is 17.2 Å². The number of benzene rings is 1. The SMILES string of the molecule is CC1(C)CC1CNS(=O)(=O)c1ccc(S(=O)(=O)Cl)cc1F. The second kappa shape index (κ2) is 5.19. The van der Waals surface area contributed by atoms with E-state index in [1.165, 1.54) is 0 Å². The monoisotopic (exact) mass is 355 g/mol. The van der Waals surface area contributed by atoms with Crippen LogP contribution in [0.1, 0.15) is 20.3 Å². The Balaban J connectivity index is 2.21. The maximum absolute atomic E-state index is 13.8. The molecule has 1 unspecified atom stereocenters. The van der Waals surface area contributed by atoms with Crippen LogP contribution in [0, 0.1) is 17.2 Å². The standard InChI is InChI=1S/C12H15ClFNO4S2/c1-12(2)6-8(12)7-15-21(18,19)11-4-3-9(5-10(11)14)20(13,16)17/h3-5,8,15H,6-7H2,1-2H3. The van der Waals surface area contributed by atoms with E-state index < -0.39 is 34.7 Å². The molecule has 9 heteroatoms. The van der Waals surface area contributed by atoms with Crippen LogP contribution in [0.15, 0.2) is 28.0 Å². The van der Waals surface area contributed by atoms with Crippen LogP contribution in [-0.4, -0.2) is 23.4 Å². The molecule has 1 saturated carbocycles. The first kappa shape index (κ1) is 16.7. The number of halogens is 2. The van der Waals surface area contributed by atoms with Crippen LogP contribution in [0.25, 0.3) is 0 Å². The number of hydrogen-bond donors (Lipinski definition) is 1. The molecule has 5 nitrogen and oxygen atoms in total. The first-order chi connectivity index (χ1) is 9.43. The van der Waals surface area contributed by atoms with Crippen LogP contribution < -0.4 is 4.72 Å². The van der Waals surface area contributed by atoms with Crippen molar-refractivity contribution in [2.75, 3.05) is 6.54 Å². The van der Waals surface area contributed by atoms with Gasteiger partial charge in [0.05, 0.1) is 4.90 Å². The lowest BCUT2D eigenvalue weighted by molar-refractivity contribution is 0.529. The number of hydrogen-bond acceptors (Lipinski definition) is 4. The third-order valence-corrected chi connectivity index (χ3v) is 6.52. The minimum Gasteiger partial charge on any atom is -0.211 e. The molecule has 2 rings (SSSR count). The van der Waals surface area contributed by atoms with E-state index in [0.29, 0.717) is 6.07 Å². The second-order valence-electron chi connectivity index (χ2n) is 5.77. The van der Waals surface area contributed by atoms with Gasteiger partial charge >= 0.3 is 0 Å². The third-order valence-electron chi connectivity index (χ3n) is 3.71. The lowest BCUT2D eigenvalue weighted by Gasteiger charge is -2.09. The quantitative estimate of drug-likeness (QED) is 0.820. The van der Waals surface area contributed by atoms with Crippen LogP contribution in [0.2, 0.25) is 0 Å². The topological polar surface area (TPSA) is 80.3 Å². The Kier molecular flexibility index (Phi) is 4.12. The molecule has 0 saturated heterocycles. The van der Waals surface area contributed by atoms with E-state index in [0.717, 1.165) is 18.6 Å². The summed E-state index contributed by atoms with van der Waals surface area (Å²) in [6.45, 7) is 4.27. The Bertz CT molecular complexity index is 774. The molecule has 1 atom stereocenters. The summed E-state index contributed by atoms with van der Waals surface area (Å²) in [5, 5.41) is 0. The Morgan fingerprint density at radius 1 is 1.33 bits per heavy atom. The molecule has 0 aromatic heterocycles. The summed E-state index contributed by atoms with van der Waals surface area (Å²) in [5.41, 5.74) is 0.0949. The molecule has 0 heterocycles. The Labute approximate surface area is 128 Å². The van der Waals surface area contributed by atoms with Crippen LogP contribution in [0.5, 0.6) is 0 Å². The second-order valence-corrected chi connectivity index (χ2v) is 10.1. The van der Waals surface area contributed by atoms with Gasteiger partial charge in [-0.05, 0) is 36.0 Å². The van der Waals surface area contributed by atoms with Gasteiger partial charge in [-0.1, -0.05) is 13.8 Å². The van der Waals surface area contributed by atoms with Crippen molar-refractivity contribution in [3.05, 3.63) is 24.0 Å². The van der Waals surface area contributed by atoms with Gasteiger partial charge in [0.2, 0.25) is 10.0 Å². The number of sulfonamides is 1. The van der Waals surface area contributed by atoms with Gasteiger partial charge in [0.15, 0.2) is 0 Å². The Hall–Kier alpha value is -0.700. The van der Waals surface area contributed by atoms with Crippen molar-refractivity contribution in [3.8, 4) is 0 Å². The summed E-state index contributed by atoms with van der Waals surface area (Å²) in [5.74, 6) is -0.933. The normalized spacial score (nSPS) is 21.2. The molecule has 0 radical (unpaired) electrons. The van der Waals surface area contributed by atoms with Crippen molar-refractivity contribution in [1.29, 1.82) is 0 Å². The minimum atomic E-state index is -4.10. The predicted octanol–water partition coefficient (Wildman–Crippen LogP) is 2.08. The molecule has 1 aliphatic rings. The van der Waals surface area contributed by atoms with Gasteiger partial charge in [0.25, 0.3) is 9.05 Å². The highest BCUT2D eigenvalue weighted by molar-refractivity contribution is 8.13. The van der Waals surface area contributed by atoms with Crippen molar-refractivity contribution in [2.24, 2.45) is 11.3 Å². The summed E-state index contributed by atoms with van der Waals surface area (Å²) < 4.78 is 62.4. The molecule has 118 valence electrons. The molecular weight excluding hydrogens is 341 g/mol. The summed E-state index contributed by atoms with van der Waals surface area (Å²) in [4.78, 5) is -1.08. The van der Waals surface area contributed by atoms with Gasteiger partial charge < -0.3 is 0 Å². The lowest BCUT2D eigenvalue weighted by Crippen LogP contribution is -2.27. The summed E-state index contributed by atoms with van der Waals surface area (Å²) in [6, 6.07) is 2.45. The molecule has 1 aromatic rings. The molecule has 1 N–H and O–H groups in total. The summed E-state index contributed by atoms with van der Waals surface area (Å²) in [6.07, 6.45) is 0.904. The smallest absolute Gasteiger partial charge is 0.211 e. The van der Waals surface area contributed by atoms with E-state index in [1.54, 1.807) is 0 Å². The van der Waals surface area contributed by atoms with Gasteiger partial charge in [0.1, 0.15) is 10.7 Å². The van der Waals surface area contributed by atoms with E-state index in [4.69, 9.17) is 10.7 Å². The van der Waals surface area contributed by atoms with Crippen LogP contribution in [-0.2, 0) is 19.1 Å². The zero-order valence-corrected chi connectivity index (χ0v) is 13.8. The number of rotatable bonds is 5. The zero-order valence-electron chi connectivity index (χ0n) is 11.4. The first-order valence-corrected chi connectivity index (χ1v) is 9.97. The molecule has 0 bridgehead atoms. The molecule has 1 aliphatic carbocycles. The third kappa shape index (κ3) is 3.74. The maximum atomic E-state index is 13.8.